The van der Waals surface area contributed by atoms with Crippen LogP contribution in [0.3, 0.4) is 0 Å². The summed E-state index contributed by atoms with van der Waals surface area (Å²) in [7, 11) is 6.80. The Balaban J connectivity index is 2.63. The molecular formula is C21H45N3. The molecule has 1 fully saturated rings. The quantitative estimate of drug-likeness (QED) is 0.564. The van der Waals surface area contributed by atoms with Gasteiger partial charge in [0.1, 0.15) is 0 Å². The molecule has 0 bridgehead atoms. The summed E-state index contributed by atoms with van der Waals surface area (Å²) in [5.74, 6) is 0. The van der Waals surface area contributed by atoms with E-state index in [9.17, 15) is 0 Å². The van der Waals surface area contributed by atoms with Crippen molar-refractivity contribution in [2.24, 2.45) is 0 Å². The van der Waals surface area contributed by atoms with Crippen LogP contribution in [0.2, 0.25) is 0 Å². The first kappa shape index (κ1) is 21.9. The van der Waals surface area contributed by atoms with Gasteiger partial charge in [-0.2, -0.15) is 0 Å². The number of nitrogens with one attached hydrogen (secondary N) is 1. The lowest BCUT2D eigenvalue weighted by atomic mass is 9.84. The minimum Gasteiger partial charge on any atom is -0.307 e. The van der Waals surface area contributed by atoms with E-state index >= 15 is 0 Å². The lowest BCUT2D eigenvalue weighted by Gasteiger charge is -2.43. The van der Waals surface area contributed by atoms with Crippen molar-refractivity contribution in [2.75, 3.05) is 34.2 Å². The van der Waals surface area contributed by atoms with Gasteiger partial charge in [0.15, 0.2) is 0 Å². The van der Waals surface area contributed by atoms with E-state index in [4.69, 9.17) is 0 Å². The van der Waals surface area contributed by atoms with Gasteiger partial charge in [0.25, 0.3) is 0 Å². The summed E-state index contributed by atoms with van der Waals surface area (Å²) in [4.78, 5) is 4.98. The maximum atomic E-state index is 4.14. The largest absolute Gasteiger partial charge is 0.307 e. The maximum Gasteiger partial charge on any atom is 0.0243 e. The third kappa shape index (κ3) is 7.84. The molecule has 3 nitrogen and oxygen atoms in total. The molecule has 1 rings (SSSR count). The lowest BCUT2D eigenvalue weighted by Crippen LogP contribution is -2.57. The van der Waals surface area contributed by atoms with Crippen molar-refractivity contribution in [3.05, 3.63) is 0 Å². The number of rotatable bonds is 12. The molecule has 0 heterocycles. The van der Waals surface area contributed by atoms with Gasteiger partial charge in [0.05, 0.1) is 0 Å². The molecule has 0 aromatic rings. The SMILES string of the molecule is CCCCN(C)CCC(C)(CCCC)NC1CCCCC1N(C)C. The maximum absolute atomic E-state index is 4.14. The first-order valence-electron chi connectivity index (χ1n) is 10.5. The molecule has 0 aliphatic heterocycles. The van der Waals surface area contributed by atoms with Crippen LogP contribution in [-0.4, -0.2) is 61.7 Å². The second-order valence-corrected chi connectivity index (χ2v) is 8.64. The van der Waals surface area contributed by atoms with Gasteiger partial charge in [-0.1, -0.05) is 46.0 Å². The van der Waals surface area contributed by atoms with Crippen molar-refractivity contribution in [3.8, 4) is 0 Å². The van der Waals surface area contributed by atoms with E-state index in [1.165, 1.54) is 77.3 Å². The summed E-state index contributed by atoms with van der Waals surface area (Å²) < 4.78 is 0. The van der Waals surface area contributed by atoms with Crippen molar-refractivity contribution in [1.29, 1.82) is 0 Å². The summed E-state index contributed by atoms with van der Waals surface area (Å²) >= 11 is 0. The number of hydrogen-bond donors (Lipinski definition) is 1. The Morgan fingerprint density at radius 3 is 2.21 bits per heavy atom. The smallest absolute Gasteiger partial charge is 0.0243 e. The fourth-order valence-electron chi connectivity index (χ4n) is 4.16. The Morgan fingerprint density at radius 1 is 0.917 bits per heavy atom. The Morgan fingerprint density at radius 2 is 1.58 bits per heavy atom. The molecular weight excluding hydrogens is 294 g/mol. The highest BCUT2D eigenvalue weighted by atomic mass is 15.2. The van der Waals surface area contributed by atoms with Crippen LogP contribution in [0.5, 0.6) is 0 Å². The minimum atomic E-state index is 0.284. The van der Waals surface area contributed by atoms with E-state index in [-0.39, 0.29) is 5.54 Å². The molecule has 3 heteroatoms. The molecule has 0 aromatic heterocycles. The van der Waals surface area contributed by atoms with Crippen LogP contribution in [0.1, 0.15) is 85.0 Å². The predicted octanol–water partition coefficient (Wildman–Crippen LogP) is 4.52. The first-order chi connectivity index (χ1) is 11.4. The van der Waals surface area contributed by atoms with E-state index in [1.54, 1.807) is 0 Å². The van der Waals surface area contributed by atoms with Crippen LogP contribution in [0.15, 0.2) is 0 Å². The molecule has 3 atom stereocenters. The number of hydrogen-bond acceptors (Lipinski definition) is 3. The molecule has 0 spiro atoms. The van der Waals surface area contributed by atoms with Crippen molar-refractivity contribution in [3.63, 3.8) is 0 Å². The van der Waals surface area contributed by atoms with E-state index in [1.807, 2.05) is 0 Å². The normalized spacial score (nSPS) is 24.5. The van der Waals surface area contributed by atoms with Crippen molar-refractivity contribution >= 4 is 0 Å². The minimum absolute atomic E-state index is 0.284. The first-order valence-corrected chi connectivity index (χ1v) is 10.5. The Kier molecular flexibility index (Phi) is 10.5. The van der Waals surface area contributed by atoms with Gasteiger partial charge in [0.2, 0.25) is 0 Å². The van der Waals surface area contributed by atoms with E-state index in [2.05, 4.69) is 57.0 Å². The summed E-state index contributed by atoms with van der Waals surface area (Å²) in [6.07, 6.45) is 13.3. The zero-order valence-electron chi connectivity index (χ0n) is 17.5. The van der Waals surface area contributed by atoms with Crippen LogP contribution < -0.4 is 5.32 Å². The Hall–Kier alpha value is -0.120. The second-order valence-electron chi connectivity index (χ2n) is 8.64. The van der Waals surface area contributed by atoms with Crippen LogP contribution in [-0.2, 0) is 0 Å². The van der Waals surface area contributed by atoms with E-state index in [0.29, 0.717) is 12.1 Å². The zero-order valence-corrected chi connectivity index (χ0v) is 17.5. The molecule has 1 N–H and O–H groups in total. The van der Waals surface area contributed by atoms with Crippen LogP contribution in [0.25, 0.3) is 0 Å². The highest BCUT2D eigenvalue weighted by Crippen LogP contribution is 2.27. The topological polar surface area (TPSA) is 18.5 Å². The Bertz CT molecular complexity index is 318. The number of nitrogens with zero attached hydrogens (tertiary/aromatic N) is 2. The molecule has 1 saturated carbocycles. The van der Waals surface area contributed by atoms with Gasteiger partial charge in [-0.05, 0) is 73.3 Å². The second kappa shape index (κ2) is 11.5. The molecule has 1 aliphatic carbocycles. The molecule has 0 radical (unpaired) electrons. The standard InChI is InChI=1S/C21H45N3/c1-7-9-15-21(3,16-18-24(6)17-10-8-2)22-19-13-11-12-14-20(19)23(4)5/h19-20,22H,7-18H2,1-6H3. The monoisotopic (exact) mass is 339 g/mol. The van der Waals surface area contributed by atoms with Gasteiger partial charge < -0.3 is 15.1 Å². The molecule has 1 aliphatic rings. The van der Waals surface area contributed by atoms with Crippen LogP contribution in [0, 0.1) is 0 Å². The summed E-state index contributed by atoms with van der Waals surface area (Å²) in [6, 6.07) is 1.37. The fraction of sp³-hybridized carbons (Fsp3) is 1.00. The van der Waals surface area contributed by atoms with Gasteiger partial charge in [-0.3, -0.25) is 0 Å². The number of likely N-dealkylation sites (N-methyl/N-ethyl adjacent to an activating group) is 1. The molecule has 0 saturated heterocycles. The van der Waals surface area contributed by atoms with Crippen molar-refractivity contribution < 1.29 is 0 Å². The molecule has 0 amide bonds. The van der Waals surface area contributed by atoms with E-state index in [0.717, 1.165) is 0 Å². The summed E-state index contributed by atoms with van der Waals surface area (Å²) in [5.41, 5.74) is 0.284. The van der Waals surface area contributed by atoms with Gasteiger partial charge in [-0.15, -0.1) is 0 Å². The third-order valence-corrected chi connectivity index (χ3v) is 5.95. The predicted molar refractivity (Wildman–Crippen MR) is 108 cm³/mol. The zero-order chi connectivity index (χ0) is 18.0. The molecule has 144 valence electrons. The van der Waals surface area contributed by atoms with Crippen molar-refractivity contribution in [1.82, 2.24) is 15.1 Å². The average Bonchev–Trinajstić information content (AvgIpc) is 2.56. The van der Waals surface area contributed by atoms with Crippen LogP contribution >= 0.6 is 0 Å². The fourth-order valence-corrected chi connectivity index (χ4v) is 4.16. The van der Waals surface area contributed by atoms with Gasteiger partial charge >= 0.3 is 0 Å². The van der Waals surface area contributed by atoms with Crippen molar-refractivity contribution in [2.45, 2.75) is 103 Å². The van der Waals surface area contributed by atoms with Crippen LogP contribution in [0.4, 0.5) is 0 Å². The number of unbranched alkanes of at least 4 members (excludes halogenated alkanes) is 2. The highest BCUT2D eigenvalue weighted by Gasteiger charge is 2.33. The molecule has 3 unspecified atom stereocenters. The average molecular weight is 340 g/mol. The summed E-state index contributed by atoms with van der Waals surface area (Å²) in [5, 5.41) is 4.14. The molecule has 24 heavy (non-hydrogen) atoms. The third-order valence-electron chi connectivity index (χ3n) is 5.95. The van der Waals surface area contributed by atoms with E-state index < -0.39 is 0 Å². The lowest BCUT2D eigenvalue weighted by molar-refractivity contribution is 0.131. The van der Waals surface area contributed by atoms with Gasteiger partial charge in [-0.25, -0.2) is 0 Å². The Labute approximate surface area is 152 Å². The summed E-state index contributed by atoms with van der Waals surface area (Å²) in [6.45, 7) is 9.54. The molecule has 0 aromatic carbocycles. The van der Waals surface area contributed by atoms with Gasteiger partial charge in [0, 0.05) is 17.6 Å². The highest BCUT2D eigenvalue weighted by molar-refractivity contribution is 4.94.